The second-order valence-electron chi connectivity index (χ2n) is 2.82. The summed E-state index contributed by atoms with van der Waals surface area (Å²) in [5.41, 5.74) is 1.39. The Morgan fingerprint density at radius 2 is 2.21 bits per heavy atom. The fourth-order valence-corrected chi connectivity index (χ4v) is 1.86. The predicted molar refractivity (Wildman–Crippen MR) is 56.2 cm³/mol. The van der Waals surface area contributed by atoms with Crippen molar-refractivity contribution in [1.82, 2.24) is 9.78 Å². The molecule has 0 bridgehead atoms. The monoisotopic (exact) mass is 254 g/mol. The van der Waals surface area contributed by atoms with E-state index in [-0.39, 0.29) is 5.82 Å². The molecule has 0 N–H and O–H groups in total. The normalized spacial score (nSPS) is 10.4. The van der Waals surface area contributed by atoms with Gasteiger partial charge in [-0.1, -0.05) is 22.0 Å². The third-order valence-corrected chi connectivity index (χ3v) is 2.54. The standard InChI is InChI=1S/C10H8BrFN2/c11-7-8-9(12)3-1-4-10(8)14-6-2-5-13-14/h1-6H,7H2. The van der Waals surface area contributed by atoms with Crippen LogP contribution in [0.5, 0.6) is 0 Å². The molecular weight excluding hydrogens is 247 g/mol. The van der Waals surface area contributed by atoms with Crippen molar-refractivity contribution in [3.05, 3.63) is 48.0 Å². The quantitative estimate of drug-likeness (QED) is 0.754. The van der Waals surface area contributed by atoms with Crippen molar-refractivity contribution < 1.29 is 4.39 Å². The molecule has 0 saturated carbocycles. The molecule has 4 heteroatoms. The van der Waals surface area contributed by atoms with Gasteiger partial charge in [0.25, 0.3) is 0 Å². The lowest BCUT2D eigenvalue weighted by Crippen LogP contribution is -2.00. The average molecular weight is 255 g/mol. The fraction of sp³-hybridized carbons (Fsp3) is 0.100. The zero-order chi connectivity index (χ0) is 9.97. The molecule has 1 aromatic carbocycles. The summed E-state index contributed by atoms with van der Waals surface area (Å²) in [5, 5.41) is 4.55. The van der Waals surface area contributed by atoms with Crippen LogP contribution >= 0.6 is 15.9 Å². The van der Waals surface area contributed by atoms with E-state index < -0.39 is 0 Å². The van der Waals surface area contributed by atoms with E-state index in [0.717, 1.165) is 5.69 Å². The molecule has 0 spiro atoms. The maximum absolute atomic E-state index is 13.4. The summed E-state index contributed by atoms with van der Waals surface area (Å²) >= 11 is 3.26. The van der Waals surface area contributed by atoms with Gasteiger partial charge in [0, 0.05) is 23.3 Å². The molecule has 2 aromatic rings. The Hall–Kier alpha value is -1.16. The van der Waals surface area contributed by atoms with Gasteiger partial charge in [-0.3, -0.25) is 0 Å². The lowest BCUT2D eigenvalue weighted by atomic mass is 10.2. The van der Waals surface area contributed by atoms with Crippen LogP contribution in [-0.2, 0) is 5.33 Å². The Labute approximate surface area is 89.5 Å². The second-order valence-corrected chi connectivity index (χ2v) is 3.38. The summed E-state index contributed by atoms with van der Waals surface area (Å²) in [5.74, 6) is -0.213. The molecule has 2 rings (SSSR count). The van der Waals surface area contributed by atoms with Gasteiger partial charge in [0.15, 0.2) is 0 Å². The molecule has 0 fully saturated rings. The first-order chi connectivity index (χ1) is 6.83. The third kappa shape index (κ3) is 1.57. The highest BCUT2D eigenvalue weighted by Gasteiger charge is 2.08. The van der Waals surface area contributed by atoms with Crippen molar-refractivity contribution in [2.45, 2.75) is 5.33 Å². The molecule has 1 heterocycles. The summed E-state index contributed by atoms with van der Waals surface area (Å²) in [6.45, 7) is 0. The molecule has 0 unspecified atom stereocenters. The van der Waals surface area contributed by atoms with E-state index in [2.05, 4.69) is 21.0 Å². The van der Waals surface area contributed by atoms with Crippen LogP contribution in [0.25, 0.3) is 5.69 Å². The highest BCUT2D eigenvalue weighted by Crippen LogP contribution is 2.19. The summed E-state index contributed by atoms with van der Waals surface area (Å²) in [6, 6.07) is 6.78. The van der Waals surface area contributed by atoms with Crippen molar-refractivity contribution in [2.75, 3.05) is 0 Å². The van der Waals surface area contributed by atoms with Gasteiger partial charge in [0.05, 0.1) is 5.69 Å². The number of alkyl halides is 1. The minimum absolute atomic E-state index is 0.213. The van der Waals surface area contributed by atoms with E-state index in [1.807, 2.05) is 12.1 Å². The van der Waals surface area contributed by atoms with Crippen LogP contribution < -0.4 is 0 Å². The fourth-order valence-electron chi connectivity index (χ4n) is 1.31. The van der Waals surface area contributed by atoms with Crippen LogP contribution in [0.2, 0.25) is 0 Å². The predicted octanol–water partition coefficient (Wildman–Crippen LogP) is 2.91. The highest BCUT2D eigenvalue weighted by molar-refractivity contribution is 9.08. The van der Waals surface area contributed by atoms with Gasteiger partial charge in [0.2, 0.25) is 0 Å². The Balaban J connectivity index is 2.58. The van der Waals surface area contributed by atoms with E-state index in [0.29, 0.717) is 10.9 Å². The number of hydrogen-bond donors (Lipinski definition) is 0. The zero-order valence-electron chi connectivity index (χ0n) is 7.32. The lowest BCUT2D eigenvalue weighted by Gasteiger charge is -2.07. The third-order valence-electron chi connectivity index (χ3n) is 1.98. The van der Waals surface area contributed by atoms with Gasteiger partial charge in [-0.05, 0) is 18.2 Å². The van der Waals surface area contributed by atoms with Gasteiger partial charge in [-0.15, -0.1) is 0 Å². The summed E-state index contributed by atoms with van der Waals surface area (Å²) < 4.78 is 15.0. The molecule has 0 amide bonds. The van der Waals surface area contributed by atoms with Gasteiger partial charge in [-0.25, -0.2) is 9.07 Å². The molecule has 14 heavy (non-hydrogen) atoms. The average Bonchev–Trinajstić information content (AvgIpc) is 2.70. The van der Waals surface area contributed by atoms with Crippen LogP contribution in [0.15, 0.2) is 36.7 Å². The van der Waals surface area contributed by atoms with Crippen molar-refractivity contribution in [1.29, 1.82) is 0 Å². The first-order valence-electron chi connectivity index (χ1n) is 4.16. The van der Waals surface area contributed by atoms with Crippen LogP contribution in [0, 0.1) is 5.82 Å². The maximum Gasteiger partial charge on any atom is 0.129 e. The number of benzene rings is 1. The van der Waals surface area contributed by atoms with Gasteiger partial charge in [-0.2, -0.15) is 5.10 Å². The Bertz CT molecular complexity index is 426. The molecule has 1 aromatic heterocycles. The minimum atomic E-state index is -0.213. The number of nitrogens with zero attached hydrogens (tertiary/aromatic N) is 2. The van der Waals surface area contributed by atoms with Crippen molar-refractivity contribution >= 4 is 15.9 Å². The summed E-state index contributed by atoms with van der Waals surface area (Å²) in [7, 11) is 0. The Morgan fingerprint density at radius 1 is 1.36 bits per heavy atom. The summed E-state index contributed by atoms with van der Waals surface area (Å²) in [6.07, 6.45) is 3.46. The number of halogens is 2. The zero-order valence-corrected chi connectivity index (χ0v) is 8.91. The minimum Gasteiger partial charge on any atom is -0.241 e. The van der Waals surface area contributed by atoms with Crippen LogP contribution in [0.4, 0.5) is 4.39 Å². The lowest BCUT2D eigenvalue weighted by molar-refractivity contribution is 0.614. The van der Waals surface area contributed by atoms with Gasteiger partial charge < -0.3 is 0 Å². The van der Waals surface area contributed by atoms with Crippen molar-refractivity contribution in [3.8, 4) is 5.69 Å². The van der Waals surface area contributed by atoms with Crippen LogP contribution in [0.3, 0.4) is 0 Å². The highest BCUT2D eigenvalue weighted by atomic mass is 79.9. The smallest absolute Gasteiger partial charge is 0.129 e. The molecule has 0 radical (unpaired) electrons. The van der Waals surface area contributed by atoms with Crippen LogP contribution in [0.1, 0.15) is 5.56 Å². The molecule has 0 aliphatic heterocycles. The molecule has 0 saturated heterocycles. The van der Waals surface area contributed by atoms with Gasteiger partial charge >= 0.3 is 0 Å². The maximum atomic E-state index is 13.4. The topological polar surface area (TPSA) is 17.8 Å². The van der Waals surface area contributed by atoms with E-state index in [1.165, 1.54) is 6.07 Å². The van der Waals surface area contributed by atoms with Crippen molar-refractivity contribution in [2.24, 2.45) is 0 Å². The SMILES string of the molecule is Fc1cccc(-n2cccn2)c1CBr. The van der Waals surface area contributed by atoms with E-state index in [9.17, 15) is 4.39 Å². The number of hydrogen-bond acceptors (Lipinski definition) is 1. The first kappa shape index (κ1) is 9.40. The molecule has 0 aliphatic carbocycles. The second kappa shape index (κ2) is 3.92. The van der Waals surface area contributed by atoms with Crippen LogP contribution in [-0.4, -0.2) is 9.78 Å². The van der Waals surface area contributed by atoms with E-state index >= 15 is 0 Å². The molecular formula is C10H8BrFN2. The first-order valence-corrected chi connectivity index (χ1v) is 5.28. The number of aromatic nitrogens is 2. The largest absolute Gasteiger partial charge is 0.241 e. The van der Waals surface area contributed by atoms with E-state index in [1.54, 1.807) is 23.1 Å². The van der Waals surface area contributed by atoms with Crippen molar-refractivity contribution in [3.63, 3.8) is 0 Å². The molecule has 72 valence electrons. The van der Waals surface area contributed by atoms with E-state index in [4.69, 9.17) is 0 Å². The molecule has 0 aliphatic rings. The molecule has 0 atom stereocenters. The molecule has 2 nitrogen and oxygen atoms in total. The number of rotatable bonds is 2. The Kier molecular flexibility index (Phi) is 2.63. The Morgan fingerprint density at radius 3 is 2.86 bits per heavy atom. The summed E-state index contributed by atoms with van der Waals surface area (Å²) in [4.78, 5) is 0. The van der Waals surface area contributed by atoms with Gasteiger partial charge in [0.1, 0.15) is 5.82 Å².